The fourth-order valence-electron chi connectivity index (χ4n) is 0.445. The Balaban J connectivity index is 0. The Bertz CT molecular complexity index is 54.2. The molecule has 0 rings (SSSR count). The third-order valence-corrected chi connectivity index (χ3v) is 0.968. The molecule has 0 aliphatic carbocycles. The zero-order chi connectivity index (χ0) is 6.41. The Morgan fingerprint density at radius 1 is 1.33 bits per heavy atom. The van der Waals surface area contributed by atoms with Gasteiger partial charge in [0.1, 0.15) is 0 Å². The van der Waals surface area contributed by atoms with Crippen LogP contribution in [0.25, 0.3) is 0 Å². The molecular weight excluding hydrogens is 142 g/mol. The van der Waals surface area contributed by atoms with Gasteiger partial charge in [-0.05, 0) is 12.8 Å². The van der Waals surface area contributed by atoms with Crippen LogP contribution < -0.4 is 5.73 Å². The molecule has 0 spiro atoms. The van der Waals surface area contributed by atoms with E-state index in [2.05, 4.69) is 0 Å². The van der Waals surface area contributed by atoms with E-state index in [-0.39, 0.29) is 31.7 Å². The highest BCUT2D eigenvalue weighted by molar-refractivity contribution is 5.85. The monoisotopic (exact) mass is 155 g/mol. The van der Waals surface area contributed by atoms with Crippen molar-refractivity contribution in [2.45, 2.75) is 18.9 Å². The van der Waals surface area contributed by atoms with Crippen molar-refractivity contribution in [2.75, 3.05) is 13.2 Å². The van der Waals surface area contributed by atoms with E-state index in [1.165, 1.54) is 0 Å². The fourth-order valence-corrected chi connectivity index (χ4v) is 0.445. The summed E-state index contributed by atoms with van der Waals surface area (Å²) in [6.45, 7) is 0.174. The van der Waals surface area contributed by atoms with Crippen molar-refractivity contribution in [3.05, 3.63) is 0 Å². The molecule has 1 atom stereocenters. The van der Waals surface area contributed by atoms with Gasteiger partial charge in [0.25, 0.3) is 0 Å². The minimum absolute atomic E-state index is 0. The van der Waals surface area contributed by atoms with Gasteiger partial charge in [-0.1, -0.05) is 0 Å². The molecule has 0 aromatic rings. The van der Waals surface area contributed by atoms with E-state index in [1.807, 2.05) is 0 Å². The van der Waals surface area contributed by atoms with Crippen molar-refractivity contribution < 1.29 is 10.2 Å². The standard InChI is InChI=1S/C5H13NO2.ClH/c6-5(4-8)2-1-3-7;/h5,7-8H,1-4,6H2;1H/t5-;/m0./s1. The van der Waals surface area contributed by atoms with Gasteiger partial charge in [-0.25, -0.2) is 0 Å². The minimum atomic E-state index is -0.151. The number of nitrogens with two attached hydrogens (primary N) is 1. The molecule has 0 bridgehead atoms. The van der Waals surface area contributed by atoms with Crippen LogP contribution in [-0.2, 0) is 0 Å². The molecule has 4 N–H and O–H groups in total. The maximum absolute atomic E-state index is 8.35. The fraction of sp³-hybridized carbons (Fsp3) is 1.00. The minimum Gasteiger partial charge on any atom is -0.396 e. The highest BCUT2D eigenvalue weighted by Gasteiger charge is 1.96. The van der Waals surface area contributed by atoms with Crippen LogP contribution in [0, 0.1) is 0 Å². The second kappa shape index (κ2) is 8.17. The second-order valence-electron chi connectivity index (χ2n) is 1.81. The maximum atomic E-state index is 8.35. The first kappa shape index (κ1) is 11.9. The van der Waals surface area contributed by atoms with Gasteiger partial charge in [-0.3, -0.25) is 0 Å². The normalized spacial score (nSPS) is 12.3. The summed E-state index contributed by atoms with van der Waals surface area (Å²) in [6, 6.07) is -0.151. The summed E-state index contributed by atoms with van der Waals surface area (Å²) in [5.74, 6) is 0. The van der Waals surface area contributed by atoms with Crippen LogP contribution in [-0.4, -0.2) is 29.5 Å². The van der Waals surface area contributed by atoms with E-state index in [1.54, 1.807) is 0 Å². The molecule has 0 aromatic heterocycles. The SMILES string of the molecule is Cl.N[C@H](CO)CCCO. The van der Waals surface area contributed by atoms with E-state index in [9.17, 15) is 0 Å². The Morgan fingerprint density at radius 2 is 1.89 bits per heavy atom. The number of rotatable bonds is 4. The Kier molecular flexibility index (Phi) is 10.8. The molecular formula is C5H14ClNO2. The average molecular weight is 156 g/mol. The molecule has 0 unspecified atom stereocenters. The molecule has 9 heavy (non-hydrogen) atoms. The summed E-state index contributed by atoms with van der Waals surface area (Å²) in [5.41, 5.74) is 5.30. The van der Waals surface area contributed by atoms with Gasteiger partial charge in [0.2, 0.25) is 0 Å². The third-order valence-electron chi connectivity index (χ3n) is 0.968. The zero-order valence-corrected chi connectivity index (χ0v) is 6.10. The van der Waals surface area contributed by atoms with Crippen LogP contribution in [0.15, 0.2) is 0 Å². The smallest absolute Gasteiger partial charge is 0.0582 e. The lowest BCUT2D eigenvalue weighted by atomic mass is 10.2. The van der Waals surface area contributed by atoms with Crippen molar-refractivity contribution >= 4 is 12.4 Å². The van der Waals surface area contributed by atoms with Crippen molar-refractivity contribution in [1.82, 2.24) is 0 Å². The Morgan fingerprint density at radius 3 is 2.22 bits per heavy atom. The molecule has 0 heterocycles. The van der Waals surface area contributed by atoms with E-state index in [0.29, 0.717) is 12.8 Å². The van der Waals surface area contributed by atoms with Crippen LogP contribution in [0.4, 0.5) is 0 Å². The van der Waals surface area contributed by atoms with Crippen LogP contribution in [0.2, 0.25) is 0 Å². The van der Waals surface area contributed by atoms with Gasteiger partial charge in [-0.2, -0.15) is 0 Å². The van der Waals surface area contributed by atoms with Crippen molar-refractivity contribution in [3.8, 4) is 0 Å². The van der Waals surface area contributed by atoms with Crippen LogP contribution in [0.1, 0.15) is 12.8 Å². The average Bonchev–Trinajstić information content (AvgIpc) is 1.83. The molecule has 0 aromatic carbocycles. The molecule has 58 valence electrons. The van der Waals surface area contributed by atoms with Crippen molar-refractivity contribution in [2.24, 2.45) is 5.73 Å². The molecule has 0 aliphatic rings. The van der Waals surface area contributed by atoms with Gasteiger partial charge < -0.3 is 15.9 Å². The summed E-state index contributed by atoms with van der Waals surface area (Å²) in [5, 5.41) is 16.6. The third kappa shape index (κ3) is 8.17. The molecule has 0 radical (unpaired) electrons. The molecule has 4 heteroatoms. The van der Waals surface area contributed by atoms with E-state index in [0.717, 1.165) is 0 Å². The molecule has 0 fully saturated rings. The van der Waals surface area contributed by atoms with Crippen LogP contribution in [0.3, 0.4) is 0 Å². The molecule has 0 amide bonds. The van der Waals surface area contributed by atoms with Gasteiger partial charge in [-0.15, -0.1) is 12.4 Å². The highest BCUT2D eigenvalue weighted by Crippen LogP contribution is 1.90. The topological polar surface area (TPSA) is 66.5 Å². The summed E-state index contributed by atoms with van der Waals surface area (Å²) in [7, 11) is 0. The maximum Gasteiger partial charge on any atom is 0.0582 e. The first-order valence-electron chi connectivity index (χ1n) is 2.78. The highest BCUT2D eigenvalue weighted by atomic mass is 35.5. The number of hydrogen-bond donors (Lipinski definition) is 3. The predicted octanol–water partition coefficient (Wildman–Crippen LogP) is -0.500. The van der Waals surface area contributed by atoms with Gasteiger partial charge in [0, 0.05) is 12.6 Å². The first-order chi connectivity index (χ1) is 3.81. The number of aliphatic hydroxyl groups excluding tert-OH is 2. The quantitative estimate of drug-likeness (QED) is 0.513. The van der Waals surface area contributed by atoms with Crippen LogP contribution in [0.5, 0.6) is 0 Å². The number of halogens is 1. The summed E-state index contributed by atoms with van der Waals surface area (Å²) in [6.07, 6.45) is 1.38. The van der Waals surface area contributed by atoms with Gasteiger partial charge in [0.15, 0.2) is 0 Å². The van der Waals surface area contributed by atoms with Gasteiger partial charge >= 0.3 is 0 Å². The Labute approximate surface area is 61.3 Å². The second-order valence-corrected chi connectivity index (χ2v) is 1.81. The molecule has 0 saturated carbocycles. The largest absolute Gasteiger partial charge is 0.396 e. The lowest BCUT2D eigenvalue weighted by Crippen LogP contribution is -2.24. The van der Waals surface area contributed by atoms with Crippen molar-refractivity contribution in [3.63, 3.8) is 0 Å². The van der Waals surface area contributed by atoms with E-state index in [4.69, 9.17) is 15.9 Å². The lowest BCUT2D eigenvalue weighted by molar-refractivity contribution is 0.238. The predicted molar refractivity (Wildman–Crippen MR) is 38.6 cm³/mol. The summed E-state index contributed by atoms with van der Waals surface area (Å²) >= 11 is 0. The Hall–Kier alpha value is 0.170. The van der Waals surface area contributed by atoms with Gasteiger partial charge in [0.05, 0.1) is 6.61 Å². The van der Waals surface area contributed by atoms with E-state index < -0.39 is 0 Å². The molecule has 0 aliphatic heterocycles. The molecule has 0 saturated heterocycles. The molecule has 3 nitrogen and oxygen atoms in total. The van der Waals surface area contributed by atoms with Crippen molar-refractivity contribution in [1.29, 1.82) is 0 Å². The number of hydrogen-bond acceptors (Lipinski definition) is 3. The van der Waals surface area contributed by atoms with Crippen LogP contribution >= 0.6 is 12.4 Å². The zero-order valence-electron chi connectivity index (χ0n) is 5.29. The summed E-state index contributed by atoms with van der Waals surface area (Å²) < 4.78 is 0. The number of aliphatic hydroxyl groups is 2. The summed E-state index contributed by atoms with van der Waals surface area (Å²) in [4.78, 5) is 0. The first-order valence-corrected chi connectivity index (χ1v) is 2.78. The lowest BCUT2D eigenvalue weighted by Gasteiger charge is -2.03. The van der Waals surface area contributed by atoms with E-state index >= 15 is 0 Å².